The normalized spacial score (nSPS) is 15.2. The van der Waals surface area contributed by atoms with E-state index in [-0.39, 0.29) is 6.04 Å². The van der Waals surface area contributed by atoms with Crippen molar-refractivity contribution in [3.8, 4) is 27.9 Å². The standard InChI is InChI=1S/C50H40N2/c1-34-43(40-24-12-11-19-36(40)31-35-17-5-2-6-18-35)33-44(50-49(34)42-26-14-16-28-47(42)52(50)39-22-9-4-10-23-39)37-29-30-48-45(32-37)41-25-13-15-27-46(41)51(48)38-20-7-3-8-21-38/h2-12,14-22,24,26-30,32-33,39H,13,23,25,31H2,1H3/t39-/m0/s1. The van der Waals surface area contributed by atoms with Crippen molar-refractivity contribution in [1.82, 2.24) is 9.13 Å². The molecular weight excluding hydrogens is 629 g/mol. The summed E-state index contributed by atoms with van der Waals surface area (Å²) in [7, 11) is 0. The van der Waals surface area contributed by atoms with Gasteiger partial charge in [0.25, 0.3) is 0 Å². The molecule has 8 aromatic rings. The number of para-hydroxylation sites is 2. The Morgan fingerprint density at radius 1 is 0.654 bits per heavy atom. The third-order valence-electron chi connectivity index (χ3n) is 11.3. The van der Waals surface area contributed by atoms with Gasteiger partial charge >= 0.3 is 0 Å². The lowest BCUT2D eigenvalue weighted by atomic mass is 9.87. The molecule has 250 valence electrons. The number of benzene rings is 6. The fourth-order valence-electron chi connectivity index (χ4n) is 8.98. The molecule has 0 fully saturated rings. The summed E-state index contributed by atoms with van der Waals surface area (Å²) in [4.78, 5) is 0. The Morgan fingerprint density at radius 3 is 2.29 bits per heavy atom. The van der Waals surface area contributed by atoms with E-state index in [4.69, 9.17) is 0 Å². The van der Waals surface area contributed by atoms with E-state index in [0.29, 0.717) is 0 Å². The van der Waals surface area contributed by atoms with Crippen molar-refractivity contribution in [3.63, 3.8) is 0 Å². The van der Waals surface area contributed by atoms with Gasteiger partial charge in [-0.05, 0) is 114 Å². The topological polar surface area (TPSA) is 9.86 Å². The SMILES string of the molecule is Cc1c(-c2ccccc2Cc2ccccc2)cc(-c2ccc3c(c2)c2c(n3-c3ccccc3)C=CCC2)c2c1c1ccccc1n2[C@H]1C=CC=CC1. The Labute approximate surface area is 305 Å². The Kier molecular flexibility index (Phi) is 7.42. The van der Waals surface area contributed by atoms with Gasteiger partial charge < -0.3 is 9.13 Å². The molecule has 6 aromatic carbocycles. The first-order valence-corrected chi connectivity index (χ1v) is 18.7. The lowest BCUT2D eigenvalue weighted by Gasteiger charge is -2.22. The molecule has 2 aliphatic rings. The van der Waals surface area contributed by atoms with E-state index in [1.807, 2.05) is 0 Å². The van der Waals surface area contributed by atoms with Gasteiger partial charge in [0.1, 0.15) is 0 Å². The molecule has 2 aromatic heterocycles. The molecule has 2 aliphatic carbocycles. The van der Waals surface area contributed by atoms with E-state index in [9.17, 15) is 0 Å². The predicted octanol–water partition coefficient (Wildman–Crippen LogP) is 13.0. The summed E-state index contributed by atoms with van der Waals surface area (Å²) in [6.45, 7) is 2.35. The molecule has 0 saturated carbocycles. The van der Waals surface area contributed by atoms with Crippen LogP contribution >= 0.6 is 0 Å². The number of fused-ring (bicyclic) bond motifs is 6. The maximum absolute atomic E-state index is 2.63. The summed E-state index contributed by atoms with van der Waals surface area (Å²) in [5.41, 5.74) is 17.0. The molecule has 0 spiro atoms. The average Bonchev–Trinajstić information content (AvgIpc) is 3.73. The zero-order chi connectivity index (χ0) is 34.6. The van der Waals surface area contributed by atoms with Crippen molar-refractivity contribution in [2.75, 3.05) is 0 Å². The molecule has 0 radical (unpaired) electrons. The van der Waals surface area contributed by atoms with E-state index < -0.39 is 0 Å². The van der Waals surface area contributed by atoms with Crippen LogP contribution in [-0.4, -0.2) is 9.13 Å². The van der Waals surface area contributed by atoms with Gasteiger partial charge in [0.05, 0.1) is 17.1 Å². The summed E-state index contributed by atoms with van der Waals surface area (Å²) in [6.07, 6.45) is 17.7. The maximum atomic E-state index is 2.63. The molecule has 2 heterocycles. The second-order valence-corrected chi connectivity index (χ2v) is 14.4. The average molecular weight is 669 g/mol. The van der Waals surface area contributed by atoms with Crippen LogP contribution < -0.4 is 0 Å². The van der Waals surface area contributed by atoms with Gasteiger partial charge in [0.2, 0.25) is 0 Å². The van der Waals surface area contributed by atoms with Gasteiger partial charge in [-0.15, -0.1) is 0 Å². The maximum Gasteiger partial charge on any atom is 0.0579 e. The van der Waals surface area contributed by atoms with Gasteiger partial charge in [-0.3, -0.25) is 0 Å². The van der Waals surface area contributed by atoms with E-state index in [1.165, 1.54) is 88.6 Å². The molecule has 0 N–H and O–H groups in total. The number of aryl methyl sites for hydroxylation is 2. The lowest BCUT2D eigenvalue weighted by molar-refractivity contribution is 0.648. The van der Waals surface area contributed by atoms with Crippen molar-refractivity contribution < 1.29 is 0 Å². The van der Waals surface area contributed by atoms with E-state index in [0.717, 1.165) is 25.7 Å². The van der Waals surface area contributed by atoms with Crippen molar-refractivity contribution >= 4 is 38.8 Å². The smallest absolute Gasteiger partial charge is 0.0579 e. The number of rotatable bonds is 6. The highest BCUT2D eigenvalue weighted by atomic mass is 15.0. The Balaban J connectivity index is 1.29. The van der Waals surface area contributed by atoms with E-state index in [1.54, 1.807) is 0 Å². The van der Waals surface area contributed by atoms with Gasteiger partial charge in [-0.25, -0.2) is 0 Å². The molecule has 0 saturated heterocycles. The molecule has 10 rings (SSSR count). The largest absolute Gasteiger partial charge is 0.333 e. The molecule has 0 bridgehead atoms. The first-order chi connectivity index (χ1) is 25.7. The van der Waals surface area contributed by atoms with E-state index in [2.05, 4.69) is 186 Å². The minimum atomic E-state index is 0.238. The Morgan fingerprint density at radius 2 is 1.44 bits per heavy atom. The highest BCUT2D eigenvalue weighted by Crippen LogP contribution is 2.46. The van der Waals surface area contributed by atoms with Crippen LogP contribution in [0.2, 0.25) is 0 Å². The highest BCUT2D eigenvalue weighted by molar-refractivity contribution is 6.17. The monoisotopic (exact) mass is 668 g/mol. The minimum absolute atomic E-state index is 0.238. The minimum Gasteiger partial charge on any atom is -0.333 e. The number of nitrogens with zero attached hydrogens (tertiary/aromatic N) is 2. The summed E-state index contributed by atoms with van der Waals surface area (Å²) in [5, 5.41) is 4.02. The highest BCUT2D eigenvalue weighted by Gasteiger charge is 2.25. The van der Waals surface area contributed by atoms with Crippen LogP contribution in [0, 0.1) is 6.92 Å². The van der Waals surface area contributed by atoms with Crippen LogP contribution in [0.5, 0.6) is 0 Å². The van der Waals surface area contributed by atoms with Gasteiger partial charge in [-0.1, -0.05) is 127 Å². The quantitative estimate of drug-likeness (QED) is 0.167. The van der Waals surface area contributed by atoms with Crippen LogP contribution in [0.3, 0.4) is 0 Å². The molecule has 0 aliphatic heterocycles. The van der Waals surface area contributed by atoms with E-state index >= 15 is 0 Å². The predicted molar refractivity (Wildman–Crippen MR) is 220 cm³/mol. The van der Waals surface area contributed by atoms with Crippen LogP contribution in [0.4, 0.5) is 0 Å². The second-order valence-electron chi connectivity index (χ2n) is 14.4. The summed E-state index contributed by atoms with van der Waals surface area (Å²) < 4.78 is 5.08. The molecule has 0 amide bonds. The molecule has 52 heavy (non-hydrogen) atoms. The van der Waals surface area contributed by atoms with Gasteiger partial charge in [0, 0.05) is 38.6 Å². The fourth-order valence-corrected chi connectivity index (χ4v) is 8.98. The van der Waals surface area contributed by atoms with Crippen molar-refractivity contribution in [2.24, 2.45) is 0 Å². The van der Waals surface area contributed by atoms with Crippen LogP contribution in [-0.2, 0) is 12.8 Å². The Bertz CT molecular complexity index is 2730. The van der Waals surface area contributed by atoms with Gasteiger partial charge in [0.15, 0.2) is 0 Å². The second kappa shape index (κ2) is 12.6. The van der Waals surface area contributed by atoms with Crippen LogP contribution in [0.15, 0.2) is 164 Å². The van der Waals surface area contributed by atoms with Crippen molar-refractivity contribution in [2.45, 2.75) is 38.6 Å². The van der Waals surface area contributed by atoms with Gasteiger partial charge in [-0.2, -0.15) is 0 Å². The first-order valence-electron chi connectivity index (χ1n) is 18.7. The first kappa shape index (κ1) is 30.7. The number of hydrogen-bond donors (Lipinski definition) is 0. The molecule has 1 atom stereocenters. The molecular formula is C50H40N2. The van der Waals surface area contributed by atoms with Crippen LogP contribution in [0.25, 0.3) is 66.7 Å². The number of allylic oxidation sites excluding steroid dienone is 5. The Hall–Kier alpha value is -6.12. The fraction of sp³-hybridized carbons (Fsp3) is 0.120. The zero-order valence-corrected chi connectivity index (χ0v) is 29.5. The molecule has 2 heteroatoms. The number of hydrogen-bond acceptors (Lipinski definition) is 0. The molecule has 0 unspecified atom stereocenters. The van der Waals surface area contributed by atoms with Crippen molar-refractivity contribution in [1.29, 1.82) is 0 Å². The number of aromatic nitrogens is 2. The van der Waals surface area contributed by atoms with Crippen molar-refractivity contribution in [3.05, 3.63) is 192 Å². The van der Waals surface area contributed by atoms with Crippen LogP contribution in [0.1, 0.15) is 46.8 Å². The summed E-state index contributed by atoms with van der Waals surface area (Å²) in [6, 6.07) is 49.8. The summed E-state index contributed by atoms with van der Waals surface area (Å²) >= 11 is 0. The third kappa shape index (κ3) is 4.93. The zero-order valence-electron chi connectivity index (χ0n) is 29.5. The lowest BCUT2D eigenvalue weighted by Crippen LogP contribution is -2.08. The summed E-state index contributed by atoms with van der Waals surface area (Å²) in [5.74, 6) is 0. The third-order valence-corrected chi connectivity index (χ3v) is 11.3. The molecule has 2 nitrogen and oxygen atoms in total.